The molecular formula is C18H19NO. The summed E-state index contributed by atoms with van der Waals surface area (Å²) in [6.45, 7) is 2.15. The first-order chi connectivity index (χ1) is 9.79. The Morgan fingerprint density at radius 2 is 1.75 bits per heavy atom. The highest BCUT2D eigenvalue weighted by molar-refractivity contribution is 6.04. The van der Waals surface area contributed by atoms with Crippen LogP contribution >= 0.6 is 0 Å². The van der Waals surface area contributed by atoms with E-state index in [1.165, 1.54) is 0 Å². The highest BCUT2D eigenvalue weighted by Crippen LogP contribution is 2.11. The van der Waals surface area contributed by atoms with Crippen LogP contribution in [0.5, 0.6) is 0 Å². The van der Waals surface area contributed by atoms with Crippen molar-refractivity contribution in [3.63, 3.8) is 0 Å². The topological polar surface area (TPSA) is 29.1 Å². The zero-order valence-electron chi connectivity index (χ0n) is 11.7. The second-order valence-electron chi connectivity index (χ2n) is 4.63. The Hall–Kier alpha value is -2.35. The Morgan fingerprint density at radius 1 is 1.05 bits per heavy atom. The minimum atomic E-state index is -0.0831. The van der Waals surface area contributed by atoms with E-state index >= 15 is 0 Å². The molecule has 0 aliphatic carbocycles. The van der Waals surface area contributed by atoms with Crippen LogP contribution < -0.4 is 5.32 Å². The van der Waals surface area contributed by atoms with Crippen molar-refractivity contribution in [3.05, 3.63) is 71.8 Å². The van der Waals surface area contributed by atoms with Gasteiger partial charge in [0, 0.05) is 11.3 Å². The van der Waals surface area contributed by atoms with Gasteiger partial charge in [-0.1, -0.05) is 55.8 Å². The van der Waals surface area contributed by atoms with E-state index in [1.54, 1.807) is 0 Å². The average Bonchev–Trinajstić information content (AvgIpc) is 2.49. The molecule has 0 fully saturated rings. The lowest BCUT2D eigenvalue weighted by Crippen LogP contribution is -2.11. The van der Waals surface area contributed by atoms with Gasteiger partial charge in [0.1, 0.15) is 0 Å². The third-order valence-electron chi connectivity index (χ3n) is 2.97. The van der Waals surface area contributed by atoms with Crippen molar-refractivity contribution in [1.29, 1.82) is 0 Å². The van der Waals surface area contributed by atoms with Gasteiger partial charge in [-0.15, -0.1) is 0 Å². The molecule has 1 amide bonds. The van der Waals surface area contributed by atoms with Gasteiger partial charge in [-0.3, -0.25) is 4.79 Å². The molecular weight excluding hydrogens is 246 g/mol. The minimum Gasteiger partial charge on any atom is -0.322 e. The fraction of sp³-hybridized carbons (Fsp3) is 0.167. The summed E-state index contributed by atoms with van der Waals surface area (Å²) in [6, 6.07) is 17.1. The minimum absolute atomic E-state index is 0.0831. The molecule has 102 valence electrons. The summed E-state index contributed by atoms with van der Waals surface area (Å²) in [5.74, 6) is -0.0831. The van der Waals surface area contributed by atoms with Crippen LogP contribution in [0.1, 0.15) is 35.7 Å². The smallest absolute Gasteiger partial charge is 0.255 e. The molecule has 0 saturated heterocycles. The van der Waals surface area contributed by atoms with E-state index in [-0.39, 0.29) is 5.91 Å². The normalized spacial score (nSPS) is 10.7. The molecule has 2 aromatic rings. The van der Waals surface area contributed by atoms with Crippen molar-refractivity contribution < 1.29 is 4.79 Å². The van der Waals surface area contributed by atoms with Crippen molar-refractivity contribution in [3.8, 4) is 0 Å². The van der Waals surface area contributed by atoms with Gasteiger partial charge in [-0.2, -0.15) is 0 Å². The lowest BCUT2D eigenvalue weighted by atomic mass is 10.1. The van der Waals surface area contributed by atoms with Crippen LogP contribution in [0.15, 0.2) is 60.7 Å². The molecule has 2 aromatic carbocycles. The lowest BCUT2D eigenvalue weighted by molar-refractivity contribution is 0.102. The molecule has 2 heteroatoms. The molecule has 0 aliphatic rings. The van der Waals surface area contributed by atoms with Gasteiger partial charge in [0.05, 0.1) is 0 Å². The number of hydrogen-bond donors (Lipinski definition) is 1. The number of amides is 1. The Morgan fingerprint density at radius 3 is 2.40 bits per heavy atom. The molecule has 0 aliphatic heterocycles. The van der Waals surface area contributed by atoms with Crippen LogP contribution in [0.25, 0.3) is 6.08 Å². The first kappa shape index (κ1) is 14.1. The first-order valence-corrected chi connectivity index (χ1v) is 6.92. The molecule has 0 atom stereocenters. The number of allylic oxidation sites excluding steroid dienone is 1. The number of rotatable bonds is 5. The Labute approximate surface area is 120 Å². The highest BCUT2D eigenvalue weighted by atomic mass is 16.1. The summed E-state index contributed by atoms with van der Waals surface area (Å²) < 4.78 is 0. The molecule has 0 aromatic heterocycles. The van der Waals surface area contributed by atoms with E-state index in [2.05, 4.69) is 24.4 Å². The zero-order chi connectivity index (χ0) is 14.2. The molecule has 0 unspecified atom stereocenters. The maximum absolute atomic E-state index is 12.1. The van der Waals surface area contributed by atoms with Gasteiger partial charge < -0.3 is 5.32 Å². The third kappa shape index (κ3) is 4.09. The maximum Gasteiger partial charge on any atom is 0.255 e. The summed E-state index contributed by atoms with van der Waals surface area (Å²) in [4.78, 5) is 12.1. The second-order valence-corrected chi connectivity index (χ2v) is 4.63. The number of benzene rings is 2. The van der Waals surface area contributed by atoms with E-state index in [1.807, 2.05) is 54.6 Å². The second kappa shape index (κ2) is 7.29. The highest BCUT2D eigenvalue weighted by Gasteiger charge is 2.04. The standard InChI is InChI=1S/C18H19NO/c1-2-3-5-8-15-11-13-16(14-12-15)18(20)19-17-9-6-4-7-10-17/h4-14H,2-3H2,1H3,(H,19,20). The number of hydrogen-bond acceptors (Lipinski definition) is 1. The average molecular weight is 265 g/mol. The van der Waals surface area contributed by atoms with Crippen LogP contribution in [-0.4, -0.2) is 5.91 Å². The van der Waals surface area contributed by atoms with E-state index in [9.17, 15) is 4.79 Å². The van der Waals surface area contributed by atoms with Gasteiger partial charge in [-0.05, 0) is 36.2 Å². The van der Waals surface area contributed by atoms with Crippen molar-refractivity contribution in [2.75, 3.05) is 5.32 Å². The fourth-order valence-corrected chi connectivity index (χ4v) is 1.86. The Kier molecular flexibility index (Phi) is 5.13. The predicted molar refractivity (Wildman–Crippen MR) is 84.8 cm³/mol. The van der Waals surface area contributed by atoms with Crippen molar-refractivity contribution in [2.45, 2.75) is 19.8 Å². The maximum atomic E-state index is 12.1. The van der Waals surface area contributed by atoms with Crippen LogP contribution in [0, 0.1) is 0 Å². The van der Waals surface area contributed by atoms with Crippen LogP contribution in [0.2, 0.25) is 0 Å². The third-order valence-corrected chi connectivity index (χ3v) is 2.97. The number of carbonyl (C=O) groups excluding carboxylic acids is 1. The number of carbonyl (C=O) groups is 1. The molecule has 2 rings (SSSR count). The summed E-state index contributed by atoms with van der Waals surface area (Å²) >= 11 is 0. The van der Waals surface area contributed by atoms with Gasteiger partial charge >= 0.3 is 0 Å². The Bertz CT molecular complexity index is 570. The largest absolute Gasteiger partial charge is 0.322 e. The lowest BCUT2D eigenvalue weighted by Gasteiger charge is -2.05. The monoisotopic (exact) mass is 265 g/mol. The number of para-hydroxylation sites is 1. The molecule has 1 N–H and O–H groups in total. The van der Waals surface area contributed by atoms with Gasteiger partial charge in [0.25, 0.3) is 5.91 Å². The quantitative estimate of drug-likeness (QED) is 0.830. The number of unbranched alkanes of at least 4 members (excludes halogenated alkanes) is 1. The molecule has 0 spiro atoms. The fourth-order valence-electron chi connectivity index (χ4n) is 1.86. The molecule has 2 nitrogen and oxygen atoms in total. The molecule has 20 heavy (non-hydrogen) atoms. The number of anilines is 1. The Balaban J connectivity index is 2.00. The van der Waals surface area contributed by atoms with E-state index in [0.717, 1.165) is 24.1 Å². The molecule has 0 saturated carbocycles. The zero-order valence-corrected chi connectivity index (χ0v) is 11.7. The molecule has 0 heterocycles. The molecule has 0 radical (unpaired) electrons. The van der Waals surface area contributed by atoms with E-state index in [4.69, 9.17) is 0 Å². The number of nitrogens with one attached hydrogen (secondary N) is 1. The van der Waals surface area contributed by atoms with Gasteiger partial charge in [0.15, 0.2) is 0 Å². The first-order valence-electron chi connectivity index (χ1n) is 6.92. The van der Waals surface area contributed by atoms with Crippen LogP contribution in [-0.2, 0) is 0 Å². The summed E-state index contributed by atoms with van der Waals surface area (Å²) in [7, 11) is 0. The van der Waals surface area contributed by atoms with Crippen molar-refractivity contribution in [1.82, 2.24) is 0 Å². The summed E-state index contributed by atoms with van der Waals surface area (Å²) in [6.07, 6.45) is 6.46. The summed E-state index contributed by atoms with van der Waals surface area (Å²) in [5.41, 5.74) is 2.60. The van der Waals surface area contributed by atoms with E-state index < -0.39 is 0 Å². The SMILES string of the molecule is CCCC=Cc1ccc(C(=O)Nc2ccccc2)cc1. The predicted octanol–water partition coefficient (Wildman–Crippen LogP) is 4.75. The van der Waals surface area contributed by atoms with Crippen LogP contribution in [0.4, 0.5) is 5.69 Å². The van der Waals surface area contributed by atoms with Crippen molar-refractivity contribution >= 4 is 17.7 Å². The van der Waals surface area contributed by atoms with Crippen molar-refractivity contribution in [2.24, 2.45) is 0 Å². The van der Waals surface area contributed by atoms with Gasteiger partial charge in [0.2, 0.25) is 0 Å². The van der Waals surface area contributed by atoms with Crippen LogP contribution in [0.3, 0.4) is 0 Å². The van der Waals surface area contributed by atoms with Gasteiger partial charge in [-0.25, -0.2) is 0 Å². The molecule has 0 bridgehead atoms. The van der Waals surface area contributed by atoms with E-state index in [0.29, 0.717) is 5.56 Å². The summed E-state index contributed by atoms with van der Waals surface area (Å²) in [5, 5.41) is 2.87.